The lowest BCUT2D eigenvalue weighted by molar-refractivity contribution is 0.520. The van der Waals surface area contributed by atoms with E-state index >= 15 is 0 Å². The second-order valence-electron chi connectivity index (χ2n) is 4.99. The van der Waals surface area contributed by atoms with E-state index in [1.807, 2.05) is 6.92 Å². The van der Waals surface area contributed by atoms with Gasteiger partial charge >= 0.3 is 0 Å². The number of allylic oxidation sites excluding steroid dienone is 2. The van der Waals surface area contributed by atoms with Gasteiger partial charge in [-0.05, 0) is 32.1 Å². The lowest BCUT2D eigenvalue weighted by Crippen LogP contribution is -1.99. The highest BCUT2D eigenvalue weighted by atomic mass is 14.1. The fourth-order valence-corrected chi connectivity index (χ4v) is 2.41. The van der Waals surface area contributed by atoms with E-state index in [0.717, 1.165) is 0 Å². The molecule has 0 nitrogen and oxygen atoms in total. The molecule has 0 radical (unpaired) electrons. The molecule has 1 unspecified atom stereocenters. The molecule has 0 aromatic carbocycles. The summed E-state index contributed by atoms with van der Waals surface area (Å²) in [6.07, 6.45) is 14.8. The molecule has 0 aromatic heterocycles. The third kappa shape index (κ3) is 5.40. The highest BCUT2D eigenvalue weighted by Gasteiger charge is 2.06. The van der Waals surface area contributed by atoms with Crippen LogP contribution in [0.2, 0.25) is 0 Å². The summed E-state index contributed by atoms with van der Waals surface area (Å²) in [4.78, 5) is 0. The minimum Gasteiger partial charge on any atom is -0.102 e. The molecule has 0 saturated heterocycles. The van der Waals surface area contributed by atoms with Gasteiger partial charge in [-0.25, -0.2) is 0 Å². The lowest BCUT2D eigenvalue weighted by Gasteiger charge is -2.12. The van der Waals surface area contributed by atoms with E-state index < -0.39 is 0 Å². The number of rotatable bonds is 0. The molecule has 0 amide bonds. The van der Waals surface area contributed by atoms with Crippen LogP contribution in [0.15, 0.2) is 11.6 Å². The molecule has 1 rings (SSSR count). The van der Waals surface area contributed by atoms with Crippen molar-refractivity contribution < 1.29 is 0 Å². The molecule has 0 aromatic rings. The molecule has 1 atom stereocenters. The molecule has 1 aliphatic rings. The van der Waals surface area contributed by atoms with Crippen molar-refractivity contribution in [1.29, 1.82) is 0 Å². The van der Waals surface area contributed by atoms with Gasteiger partial charge in [0, 0.05) is 5.57 Å². The first kappa shape index (κ1) is 13.4. The number of hydrogen-bond acceptors (Lipinski definition) is 0. The normalized spacial score (nSPS) is 24.4. The molecule has 0 heteroatoms. The predicted molar refractivity (Wildman–Crippen MR) is 72.3 cm³/mol. The minimum absolute atomic E-state index is 0.673. The van der Waals surface area contributed by atoms with Crippen LogP contribution in [-0.4, -0.2) is 0 Å². The van der Waals surface area contributed by atoms with Crippen LogP contribution >= 0.6 is 0 Å². The zero-order valence-corrected chi connectivity index (χ0v) is 11.0. The zero-order chi connectivity index (χ0) is 11.6. The van der Waals surface area contributed by atoms with Gasteiger partial charge < -0.3 is 0 Å². The Balaban J connectivity index is 2.56. The maximum atomic E-state index is 3.30. The molecular formula is C16H26. The standard InChI is InChI=1S/C16H26/c1-3-12-16-14-11-9-7-5-4-6-8-10-13-15(16)2/h14-15H,4-11,13H2,1-2H3. The summed E-state index contributed by atoms with van der Waals surface area (Å²) in [7, 11) is 0. The molecule has 16 heavy (non-hydrogen) atoms. The van der Waals surface area contributed by atoms with Crippen molar-refractivity contribution >= 4 is 0 Å². The van der Waals surface area contributed by atoms with Crippen molar-refractivity contribution in [3.05, 3.63) is 11.6 Å². The minimum atomic E-state index is 0.673. The third-order valence-electron chi connectivity index (χ3n) is 3.51. The van der Waals surface area contributed by atoms with Crippen LogP contribution in [0.4, 0.5) is 0 Å². The Morgan fingerprint density at radius 1 is 1.00 bits per heavy atom. The Labute approximate surface area is 102 Å². The van der Waals surface area contributed by atoms with E-state index in [9.17, 15) is 0 Å². The summed E-state index contributed by atoms with van der Waals surface area (Å²) < 4.78 is 0. The Hall–Kier alpha value is -0.700. The summed E-state index contributed by atoms with van der Waals surface area (Å²) in [5, 5.41) is 0. The first-order chi connectivity index (χ1) is 7.84. The van der Waals surface area contributed by atoms with Gasteiger partial charge in [0.15, 0.2) is 0 Å². The second-order valence-corrected chi connectivity index (χ2v) is 4.99. The van der Waals surface area contributed by atoms with Crippen molar-refractivity contribution in [2.75, 3.05) is 0 Å². The first-order valence-electron chi connectivity index (χ1n) is 6.97. The fourth-order valence-electron chi connectivity index (χ4n) is 2.41. The molecule has 0 fully saturated rings. The SMILES string of the molecule is CC#CC1=CCCCCCCCCCC1C. The van der Waals surface area contributed by atoms with Crippen molar-refractivity contribution in [2.45, 2.75) is 71.6 Å². The van der Waals surface area contributed by atoms with Gasteiger partial charge in [-0.15, -0.1) is 5.92 Å². The van der Waals surface area contributed by atoms with Gasteiger partial charge in [0.25, 0.3) is 0 Å². The molecule has 90 valence electrons. The molecule has 1 aliphatic carbocycles. The maximum Gasteiger partial charge on any atom is 0.000850 e. The van der Waals surface area contributed by atoms with Crippen LogP contribution < -0.4 is 0 Å². The Bertz CT molecular complexity index is 261. The highest BCUT2D eigenvalue weighted by molar-refractivity contribution is 5.29. The average molecular weight is 218 g/mol. The van der Waals surface area contributed by atoms with Crippen LogP contribution in [0.1, 0.15) is 71.6 Å². The summed E-state index contributed by atoms with van der Waals surface area (Å²) in [5.74, 6) is 7.03. The van der Waals surface area contributed by atoms with E-state index in [-0.39, 0.29) is 0 Å². The highest BCUT2D eigenvalue weighted by Crippen LogP contribution is 2.21. The molecular weight excluding hydrogens is 192 g/mol. The van der Waals surface area contributed by atoms with Gasteiger partial charge in [0.1, 0.15) is 0 Å². The van der Waals surface area contributed by atoms with Gasteiger partial charge in [-0.2, -0.15) is 0 Å². The van der Waals surface area contributed by atoms with Crippen molar-refractivity contribution in [1.82, 2.24) is 0 Å². The Kier molecular flexibility index (Phi) is 7.06. The third-order valence-corrected chi connectivity index (χ3v) is 3.51. The molecule has 0 aliphatic heterocycles. The monoisotopic (exact) mass is 218 g/mol. The van der Waals surface area contributed by atoms with E-state index in [1.165, 1.54) is 63.4 Å². The quantitative estimate of drug-likeness (QED) is 0.496. The van der Waals surface area contributed by atoms with Crippen LogP contribution in [0, 0.1) is 17.8 Å². The van der Waals surface area contributed by atoms with Crippen molar-refractivity contribution in [2.24, 2.45) is 5.92 Å². The molecule has 0 heterocycles. The van der Waals surface area contributed by atoms with E-state index in [0.29, 0.717) is 5.92 Å². The van der Waals surface area contributed by atoms with E-state index in [1.54, 1.807) is 0 Å². The first-order valence-corrected chi connectivity index (χ1v) is 6.97. The summed E-state index contributed by atoms with van der Waals surface area (Å²) in [5.41, 5.74) is 1.39. The topological polar surface area (TPSA) is 0 Å². The van der Waals surface area contributed by atoms with E-state index in [2.05, 4.69) is 24.8 Å². The Morgan fingerprint density at radius 2 is 1.62 bits per heavy atom. The van der Waals surface area contributed by atoms with Crippen molar-refractivity contribution in [3.63, 3.8) is 0 Å². The van der Waals surface area contributed by atoms with Crippen molar-refractivity contribution in [3.8, 4) is 11.8 Å². The summed E-state index contributed by atoms with van der Waals surface area (Å²) in [6.45, 7) is 4.28. The largest absolute Gasteiger partial charge is 0.102 e. The Morgan fingerprint density at radius 3 is 2.31 bits per heavy atom. The van der Waals surface area contributed by atoms with Crippen LogP contribution in [0.25, 0.3) is 0 Å². The van der Waals surface area contributed by atoms with Gasteiger partial charge in [0.2, 0.25) is 0 Å². The van der Waals surface area contributed by atoms with Gasteiger partial charge in [0.05, 0.1) is 0 Å². The molecule has 0 saturated carbocycles. The zero-order valence-electron chi connectivity index (χ0n) is 11.0. The molecule has 0 bridgehead atoms. The predicted octanol–water partition coefficient (Wildman–Crippen LogP) is 5.10. The molecule has 0 spiro atoms. The average Bonchev–Trinajstić information content (AvgIpc) is 2.28. The number of hydrogen-bond donors (Lipinski definition) is 0. The fraction of sp³-hybridized carbons (Fsp3) is 0.750. The maximum absolute atomic E-state index is 3.30. The lowest BCUT2D eigenvalue weighted by atomic mass is 9.92. The van der Waals surface area contributed by atoms with Gasteiger partial charge in [-0.3, -0.25) is 0 Å². The van der Waals surface area contributed by atoms with Crippen LogP contribution in [0.5, 0.6) is 0 Å². The van der Waals surface area contributed by atoms with Gasteiger partial charge in [-0.1, -0.05) is 57.4 Å². The van der Waals surface area contributed by atoms with E-state index in [4.69, 9.17) is 0 Å². The molecule has 0 N–H and O–H groups in total. The second kappa shape index (κ2) is 8.45. The van der Waals surface area contributed by atoms with Crippen LogP contribution in [-0.2, 0) is 0 Å². The summed E-state index contributed by atoms with van der Waals surface area (Å²) >= 11 is 0. The smallest absolute Gasteiger partial charge is 0.000850 e. The summed E-state index contributed by atoms with van der Waals surface area (Å²) in [6, 6.07) is 0. The van der Waals surface area contributed by atoms with Crippen LogP contribution in [0.3, 0.4) is 0 Å².